The first-order chi connectivity index (χ1) is 13.9. The van der Waals surface area contributed by atoms with E-state index in [9.17, 15) is 5.11 Å². The van der Waals surface area contributed by atoms with Crippen LogP contribution in [0.3, 0.4) is 0 Å². The zero-order chi connectivity index (χ0) is 20.9. The van der Waals surface area contributed by atoms with E-state index >= 15 is 0 Å². The molecule has 0 amide bonds. The van der Waals surface area contributed by atoms with Crippen LogP contribution in [0.2, 0.25) is 0 Å². The highest BCUT2D eigenvalue weighted by molar-refractivity contribution is 14.0. The first-order valence-electron chi connectivity index (χ1n) is 10.5. The zero-order valence-electron chi connectivity index (χ0n) is 18.4. The number of hydrogen-bond acceptors (Lipinski definition) is 5. The summed E-state index contributed by atoms with van der Waals surface area (Å²) in [6.07, 6.45) is 2.53. The van der Waals surface area contributed by atoms with E-state index in [1.54, 1.807) is 6.92 Å². The molecule has 0 saturated carbocycles. The number of rotatable bonds is 8. The van der Waals surface area contributed by atoms with Gasteiger partial charge >= 0.3 is 0 Å². The van der Waals surface area contributed by atoms with Crippen LogP contribution in [0.4, 0.5) is 0 Å². The second-order valence-corrected chi connectivity index (χ2v) is 8.93. The standard InChI is InChI=1S/C22H34N4O2S.HI/c1-5-23-21(25-15-22(4,27)18-13-16(2)28-17(18)3)24-14-19(20-9-8-12-29-20)26-10-6-7-11-26;/h8-9,12-13,19,27H,5-7,10-11,14-15H2,1-4H3,(H2,23,24,25);1H. The van der Waals surface area contributed by atoms with Gasteiger partial charge in [0.2, 0.25) is 0 Å². The number of halogens is 1. The van der Waals surface area contributed by atoms with Gasteiger partial charge in [0.1, 0.15) is 17.1 Å². The molecular formula is C22H35IN4O2S. The van der Waals surface area contributed by atoms with Crippen molar-refractivity contribution in [3.8, 4) is 0 Å². The number of aryl methyl sites for hydroxylation is 2. The molecule has 8 heteroatoms. The van der Waals surface area contributed by atoms with Gasteiger partial charge in [-0.05, 0) is 71.1 Å². The van der Waals surface area contributed by atoms with Crippen molar-refractivity contribution in [2.24, 2.45) is 4.99 Å². The summed E-state index contributed by atoms with van der Waals surface area (Å²) in [6, 6.07) is 6.58. The van der Waals surface area contributed by atoms with E-state index in [2.05, 4.69) is 45.0 Å². The van der Waals surface area contributed by atoms with Crippen molar-refractivity contribution in [1.29, 1.82) is 0 Å². The van der Waals surface area contributed by atoms with E-state index in [0.29, 0.717) is 6.04 Å². The maximum Gasteiger partial charge on any atom is 0.191 e. The predicted octanol–water partition coefficient (Wildman–Crippen LogP) is 4.18. The number of guanidine groups is 1. The Morgan fingerprint density at radius 1 is 1.33 bits per heavy atom. The number of nitrogens with zero attached hydrogens (tertiary/aromatic N) is 2. The van der Waals surface area contributed by atoms with Gasteiger partial charge in [0, 0.05) is 23.5 Å². The SMILES string of the molecule is CCNC(=NCC(C)(O)c1cc(C)oc1C)NCC(c1cccs1)N1CCCC1.I. The maximum atomic E-state index is 11.0. The normalized spacial score (nSPS) is 18.0. The molecule has 0 bridgehead atoms. The largest absolute Gasteiger partial charge is 0.466 e. The summed E-state index contributed by atoms with van der Waals surface area (Å²) in [5.41, 5.74) is -0.283. The van der Waals surface area contributed by atoms with Gasteiger partial charge in [-0.15, -0.1) is 35.3 Å². The van der Waals surface area contributed by atoms with E-state index in [1.807, 2.05) is 31.3 Å². The highest BCUT2D eigenvalue weighted by Crippen LogP contribution is 2.28. The van der Waals surface area contributed by atoms with Crippen LogP contribution < -0.4 is 10.6 Å². The molecule has 2 unspecified atom stereocenters. The molecule has 1 fully saturated rings. The molecule has 168 valence electrons. The predicted molar refractivity (Wildman–Crippen MR) is 135 cm³/mol. The molecule has 3 rings (SSSR count). The van der Waals surface area contributed by atoms with Crippen molar-refractivity contribution in [3.63, 3.8) is 0 Å². The molecule has 3 heterocycles. The summed E-state index contributed by atoms with van der Waals surface area (Å²) < 4.78 is 5.59. The van der Waals surface area contributed by atoms with Gasteiger partial charge in [-0.25, -0.2) is 4.99 Å². The number of hydrogen-bond donors (Lipinski definition) is 3. The second-order valence-electron chi connectivity index (χ2n) is 7.95. The van der Waals surface area contributed by atoms with Crippen LogP contribution in [0.25, 0.3) is 0 Å². The Morgan fingerprint density at radius 3 is 2.63 bits per heavy atom. The average molecular weight is 547 g/mol. The highest BCUT2D eigenvalue weighted by atomic mass is 127. The molecule has 0 aromatic carbocycles. The third-order valence-electron chi connectivity index (χ3n) is 5.43. The fourth-order valence-electron chi connectivity index (χ4n) is 3.96. The van der Waals surface area contributed by atoms with Crippen LogP contribution in [-0.2, 0) is 5.60 Å². The fourth-order valence-corrected chi connectivity index (χ4v) is 4.82. The van der Waals surface area contributed by atoms with Crippen LogP contribution in [0.15, 0.2) is 33.0 Å². The van der Waals surface area contributed by atoms with Gasteiger partial charge in [-0.2, -0.15) is 0 Å². The molecule has 0 radical (unpaired) electrons. The number of thiophene rings is 1. The monoisotopic (exact) mass is 546 g/mol. The van der Waals surface area contributed by atoms with E-state index in [4.69, 9.17) is 4.42 Å². The van der Waals surface area contributed by atoms with Gasteiger partial charge in [0.15, 0.2) is 5.96 Å². The van der Waals surface area contributed by atoms with Crippen molar-refractivity contribution in [1.82, 2.24) is 15.5 Å². The van der Waals surface area contributed by atoms with Crippen molar-refractivity contribution >= 4 is 41.3 Å². The number of furan rings is 1. The van der Waals surface area contributed by atoms with E-state index in [0.717, 1.165) is 49.2 Å². The molecule has 2 aromatic rings. The number of nitrogens with one attached hydrogen (secondary N) is 2. The van der Waals surface area contributed by atoms with Crippen LogP contribution in [0.1, 0.15) is 54.7 Å². The Balaban J connectivity index is 0.00000320. The van der Waals surface area contributed by atoms with Gasteiger partial charge in [-0.3, -0.25) is 4.90 Å². The minimum atomic E-state index is -1.08. The van der Waals surface area contributed by atoms with Crippen molar-refractivity contribution in [3.05, 3.63) is 45.5 Å². The van der Waals surface area contributed by atoms with Crippen LogP contribution >= 0.6 is 35.3 Å². The Hall–Kier alpha value is -1.10. The summed E-state index contributed by atoms with van der Waals surface area (Å²) in [5.74, 6) is 2.27. The number of likely N-dealkylation sites (tertiary alicyclic amines) is 1. The Labute approximate surface area is 201 Å². The maximum absolute atomic E-state index is 11.0. The molecular weight excluding hydrogens is 511 g/mol. The summed E-state index contributed by atoms with van der Waals surface area (Å²) in [6.45, 7) is 11.7. The van der Waals surface area contributed by atoms with Crippen molar-refractivity contribution < 1.29 is 9.52 Å². The molecule has 6 nitrogen and oxygen atoms in total. The molecule has 1 aliphatic rings. The summed E-state index contributed by atoms with van der Waals surface area (Å²) in [7, 11) is 0. The van der Waals surface area contributed by atoms with Gasteiger partial charge in [0.05, 0.1) is 12.6 Å². The van der Waals surface area contributed by atoms with Gasteiger partial charge < -0.3 is 20.2 Å². The Morgan fingerprint density at radius 2 is 2.07 bits per heavy atom. The zero-order valence-corrected chi connectivity index (χ0v) is 21.5. The fraction of sp³-hybridized carbons (Fsp3) is 0.591. The Kier molecular flexibility index (Phi) is 9.65. The van der Waals surface area contributed by atoms with Crippen LogP contribution in [0.5, 0.6) is 0 Å². The lowest BCUT2D eigenvalue weighted by Crippen LogP contribution is -2.43. The van der Waals surface area contributed by atoms with E-state index in [-0.39, 0.29) is 30.5 Å². The third kappa shape index (κ3) is 6.45. The molecule has 1 aliphatic heterocycles. The molecule has 0 spiro atoms. The highest BCUT2D eigenvalue weighted by Gasteiger charge is 2.28. The average Bonchev–Trinajstić information content (AvgIpc) is 3.42. The molecule has 1 saturated heterocycles. The summed E-state index contributed by atoms with van der Waals surface area (Å²) >= 11 is 1.81. The minimum absolute atomic E-state index is 0. The van der Waals surface area contributed by atoms with Crippen LogP contribution in [-0.4, -0.2) is 48.7 Å². The number of aliphatic imine (C=N–C) groups is 1. The van der Waals surface area contributed by atoms with Crippen molar-refractivity contribution in [2.45, 2.75) is 52.2 Å². The van der Waals surface area contributed by atoms with Gasteiger partial charge in [-0.1, -0.05) is 6.07 Å². The summed E-state index contributed by atoms with van der Waals surface area (Å²) in [5, 5.41) is 19.9. The van der Waals surface area contributed by atoms with Gasteiger partial charge in [0.25, 0.3) is 0 Å². The lowest BCUT2D eigenvalue weighted by atomic mass is 9.96. The first kappa shape index (κ1) is 25.2. The lowest BCUT2D eigenvalue weighted by molar-refractivity contribution is 0.0657. The quantitative estimate of drug-likeness (QED) is 0.263. The molecule has 30 heavy (non-hydrogen) atoms. The molecule has 0 aliphatic carbocycles. The lowest BCUT2D eigenvalue weighted by Gasteiger charge is -2.28. The smallest absolute Gasteiger partial charge is 0.191 e. The van der Waals surface area contributed by atoms with E-state index in [1.165, 1.54) is 17.7 Å². The first-order valence-corrected chi connectivity index (χ1v) is 11.4. The second kappa shape index (κ2) is 11.5. The third-order valence-corrected chi connectivity index (χ3v) is 6.40. The minimum Gasteiger partial charge on any atom is -0.466 e. The topological polar surface area (TPSA) is 73.0 Å². The summed E-state index contributed by atoms with van der Waals surface area (Å²) in [4.78, 5) is 8.61. The molecule has 2 aromatic heterocycles. The number of aliphatic hydroxyl groups is 1. The Bertz CT molecular complexity index is 798. The molecule has 3 N–H and O–H groups in total. The van der Waals surface area contributed by atoms with Crippen molar-refractivity contribution in [2.75, 3.05) is 32.7 Å². The van der Waals surface area contributed by atoms with E-state index < -0.39 is 5.60 Å². The molecule has 2 atom stereocenters. The van der Waals surface area contributed by atoms with Crippen LogP contribution in [0, 0.1) is 13.8 Å².